The highest BCUT2D eigenvalue weighted by atomic mass is 16.6. The maximum Gasteiger partial charge on any atom is 0.270 e. The SMILES string of the molecule is CN(CCO)c1ccc(NC(=O)/C=C/c2cccc([N+](=O)[O-])c2)cc1. The van der Waals surface area contributed by atoms with Crippen LogP contribution in [0.15, 0.2) is 54.6 Å². The molecule has 7 heteroatoms. The Balaban J connectivity index is 1.98. The molecule has 0 atom stereocenters. The molecule has 0 spiro atoms. The van der Waals surface area contributed by atoms with E-state index in [-0.39, 0.29) is 18.2 Å². The van der Waals surface area contributed by atoms with Crippen LogP contribution in [0.3, 0.4) is 0 Å². The molecule has 0 bridgehead atoms. The zero-order valence-corrected chi connectivity index (χ0v) is 13.8. The number of hydrogen-bond donors (Lipinski definition) is 2. The Morgan fingerprint density at radius 3 is 2.64 bits per heavy atom. The number of nitrogens with zero attached hydrogens (tertiary/aromatic N) is 2. The third kappa shape index (κ3) is 5.43. The van der Waals surface area contributed by atoms with Crippen LogP contribution in [0.2, 0.25) is 0 Å². The van der Waals surface area contributed by atoms with Gasteiger partial charge in [-0.05, 0) is 35.9 Å². The number of nitro benzene ring substituents is 1. The summed E-state index contributed by atoms with van der Waals surface area (Å²) in [7, 11) is 1.87. The first-order chi connectivity index (χ1) is 12.0. The number of nitro groups is 1. The summed E-state index contributed by atoms with van der Waals surface area (Å²) in [5.74, 6) is -0.331. The Bertz CT molecular complexity index is 772. The van der Waals surface area contributed by atoms with Crippen molar-refractivity contribution >= 4 is 29.0 Å². The van der Waals surface area contributed by atoms with Gasteiger partial charge in [-0.25, -0.2) is 0 Å². The Labute approximate surface area is 145 Å². The summed E-state index contributed by atoms with van der Waals surface area (Å²) < 4.78 is 0. The van der Waals surface area contributed by atoms with E-state index in [2.05, 4.69) is 5.32 Å². The van der Waals surface area contributed by atoms with E-state index in [1.54, 1.807) is 24.3 Å². The minimum atomic E-state index is -0.479. The number of carbonyl (C=O) groups is 1. The number of carbonyl (C=O) groups excluding carboxylic acids is 1. The van der Waals surface area contributed by atoms with Crippen LogP contribution in [0.1, 0.15) is 5.56 Å². The summed E-state index contributed by atoms with van der Waals surface area (Å²) in [6.07, 6.45) is 2.84. The van der Waals surface area contributed by atoms with E-state index < -0.39 is 4.92 Å². The maximum absolute atomic E-state index is 12.0. The van der Waals surface area contributed by atoms with Crippen molar-refractivity contribution in [3.8, 4) is 0 Å². The molecule has 0 heterocycles. The van der Waals surface area contributed by atoms with Crippen LogP contribution in [0.25, 0.3) is 6.08 Å². The number of anilines is 2. The maximum atomic E-state index is 12.0. The van der Waals surface area contributed by atoms with Crippen LogP contribution in [0.4, 0.5) is 17.1 Å². The van der Waals surface area contributed by atoms with Gasteiger partial charge in [-0.15, -0.1) is 0 Å². The normalized spacial score (nSPS) is 10.6. The molecule has 130 valence electrons. The Morgan fingerprint density at radius 1 is 1.28 bits per heavy atom. The van der Waals surface area contributed by atoms with Gasteiger partial charge >= 0.3 is 0 Å². The number of aliphatic hydroxyl groups is 1. The number of non-ortho nitro benzene ring substituents is 1. The molecule has 0 aliphatic carbocycles. The minimum Gasteiger partial charge on any atom is -0.395 e. The first-order valence-corrected chi connectivity index (χ1v) is 7.65. The van der Waals surface area contributed by atoms with E-state index in [0.717, 1.165) is 5.69 Å². The number of rotatable bonds is 7. The predicted molar refractivity (Wildman–Crippen MR) is 97.6 cm³/mol. The van der Waals surface area contributed by atoms with E-state index in [4.69, 9.17) is 5.11 Å². The van der Waals surface area contributed by atoms with E-state index in [1.165, 1.54) is 24.3 Å². The van der Waals surface area contributed by atoms with Gasteiger partial charge in [0.05, 0.1) is 11.5 Å². The lowest BCUT2D eigenvalue weighted by Crippen LogP contribution is -2.20. The Morgan fingerprint density at radius 2 is 2.00 bits per heavy atom. The van der Waals surface area contributed by atoms with Crippen LogP contribution < -0.4 is 10.2 Å². The summed E-state index contributed by atoms with van der Waals surface area (Å²) in [5, 5.41) is 22.4. The standard InChI is InChI=1S/C18H19N3O4/c1-20(11-12-22)16-8-6-15(7-9-16)19-18(23)10-5-14-3-2-4-17(13-14)21(24)25/h2-10,13,22H,11-12H2,1H3,(H,19,23)/b10-5+. The molecule has 0 fully saturated rings. The number of likely N-dealkylation sites (N-methyl/N-ethyl adjacent to an activating group) is 1. The fourth-order valence-electron chi connectivity index (χ4n) is 2.18. The van der Waals surface area contributed by atoms with Gasteiger partial charge in [0.1, 0.15) is 0 Å². The van der Waals surface area contributed by atoms with Crippen LogP contribution in [-0.2, 0) is 4.79 Å². The lowest BCUT2D eigenvalue weighted by molar-refractivity contribution is -0.384. The molecule has 1 amide bonds. The quantitative estimate of drug-likeness (QED) is 0.458. The molecule has 2 aromatic rings. The minimum absolute atomic E-state index is 0.0230. The second-order valence-electron chi connectivity index (χ2n) is 5.37. The van der Waals surface area contributed by atoms with Gasteiger partial charge < -0.3 is 15.3 Å². The molecule has 0 saturated carbocycles. The molecule has 0 aliphatic heterocycles. The predicted octanol–water partition coefficient (Wildman–Crippen LogP) is 2.68. The monoisotopic (exact) mass is 341 g/mol. The zero-order chi connectivity index (χ0) is 18.2. The Hall–Kier alpha value is -3.19. The number of hydrogen-bond acceptors (Lipinski definition) is 5. The fraction of sp³-hybridized carbons (Fsp3) is 0.167. The molecule has 0 radical (unpaired) electrons. The van der Waals surface area contributed by atoms with Crippen molar-refractivity contribution in [2.75, 3.05) is 30.4 Å². The highest BCUT2D eigenvalue weighted by Gasteiger charge is 2.05. The lowest BCUT2D eigenvalue weighted by Gasteiger charge is -2.18. The summed E-state index contributed by atoms with van der Waals surface area (Å²) in [6.45, 7) is 0.592. The number of amides is 1. The molecule has 2 rings (SSSR count). The molecule has 25 heavy (non-hydrogen) atoms. The van der Waals surface area contributed by atoms with E-state index in [9.17, 15) is 14.9 Å². The van der Waals surface area contributed by atoms with Crippen molar-refractivity contribution < 1.29 is 14.8 Å². The largest absolute Gasteiger partial charge is 0.395 e. The fourth-order valence-corrected chi connectivity index (χ4v) is 2.18. The van der Waals surface area contributed by atoms with Crippen LogP contribution in [0, 0.1) is 10.1 Å². The molecule has 0 aromatic heterocycles. The van der Waals surface area contributed by atoms with Crippen LogP contribution in [0.5, 0.6) is 0 Å². The highest BCUT2D eigenvalue weighted by Crippen LogP contribution is 2.17. The molecule has 2 aromatic carbocycles. The lowest BCUT2D eigenvalue weighted by atomic mass is 10.2. The molecule has 0 saturated heterocycles. The van der Waals surface area contributed by atoms with Crippen molar-refractivity contribution in [3.05, 3.63) is 70.3 Å². The van der Waals surface area contributed by atoms with Crippen LogP contribution >= 0.6 is 0 Å². The first-order valence-electron chi connectivity index (χ1n) is 7.65. The molecule has 7 nitrogen and oxygen atoms in total. The third-order valence-corrected chi connectivity index (χ3v) is 3.52. The van der Waals surface area contributed by atoms with Gasteiger partial charge in [0.25, 0.3) is 5.69 Å². The highest BCUT2D eigenvalue weighted by molar-refractivity contribution is 6.02. The second kappa shape index (κ2) is 8.60. The molecule has 2 N–H and O–H groups in total. The average molecular weight is 341 g/mol. The molecule has 0 aliphatic rings. The van der Waals surface area contributed by atoms with E-state index in [1.807, 2.05) is 24.1 Å². The smallest absolute Gasteiger partial charge is 0.270 e. The number of nitrogens with one attached hydrogen (secondary N) is 1. The summed E-state index contributed by atoms with van der Waals surface area (Å²) in [5.41, 5.74) is 2.12. The van der Waals surface area contributed by atoms with Gasteiger partial charge in [-0.3, -0.25) is 14.9 Å². The van der Waals surface area contributed by atoms with Crippen molar-refractivity contribution in [1.82, 2.24) is 0 Å². The second-order valence-corrected chi connectivity index (χ2v) is 5.37. The average Bonchev–Trinajstić information content (AvgIpc) is 2.61. The van der Waals surface area contributed by atoms with Crippen molar-refractivity contribution in [2.24, 2.45) is 0 Å². The van der Waals surface area contributed by atoms with Gasteiger partial charge in [0.15, 0.2) is 0 Å². The number of benzene rings is 2. The Kier molecular flexibility index (Phi) is 6.25. The summed E-state index contributed by atoms with van der Waals surface area (Å²) in [4.78, 5) is 24.1. The third-order valence-electron chi connectivity index (χ3n) is 3.52. The number of aliphatic hydroxyl groups excluding tert-OH is 1. The molecular weight excluding hydrogens is 322 g/mol. The van der Waals surface area contributed by atoms with E-state index >= 15 is 0 Å². The van der Waals surface area contributed by atoms with Gasteiger partial charge in [0.2, 0.25) is 5.91 Å². The molecular formula is C18H19N3O4. The van der Waals surface area contributed by atoms with Crippen molar-refractivity contribution in [2.45, 2.75) is 0 Å². The van der Waals surface area contributed by atoms with E-state index in [0.29, 0.717) is 17.8 Å². The van der Waals surface area contributed by atoms with Gasteiger partial charge in [-0.1, -0.05) is 12.1 Å². The summed E-state index contributed by atoms with van der Waals surface area (Å²) in [6, 6.07) is 13.3. The van der Waals surface area contributed by atoms with Gasteiger partial charge in [0, 0.05) is 43.2 Å². The van der Waals surface area contributed by atoms with Crippen molar-refractivity contribution in [3.63, 3.8) is 0 Å². The molecule has 0 unspecified atom stereocenters. The topological polar surface area (TPSA) is 95.7 Å². The van der Waals surface area contributed by atoms with Crippen molar-refractivity contribution in [1.29, 1.82) is 0 Å². The zero-order valence-electron chi connectivity index (χ0n) is 13.8. The summed E-state index contributed by atoms with van der Waals surface area (Å²) >= 11 is 0. The van der Waals surface area contributed by atoms with Gasteiger partial charge in [-0.2, -0.15) is 0 Å². The first kappa shape index (κ1) is 18.2. The van der Waals surface area contributed by atoms with Crippen LogP contribution in [-0.4, -0.2) is 36.1 Å².